The molecule has 2 atom stereocenters. The molecule has 1 aromatic carbocycles. The Kier molecular flexibility index (Phi) is 5.43. The van der Waals surface area contributed by atoms with Crippen molar-refractivity contribution >= 4 is 15.7 Å². The Morgan fingerprint density at radius 3 is 2.48 bits per heavy atom. The SMILES string of the molecule is CC[C@H](C)n1cnc(S(=O)(=O)N(C[C@@H](C)O)c2ccccc2)c1. The van der Waals surface area contributed by atoms with Crippen LogP contribution < -0.4 is 4.31 Å². The fourth-order valence-corrected chi connectivity index (χ4v) is 3.66. The highest BCUT2D eigenvalue weighted by Crippen LogP contribution is 2.23. The lowest BCUT2D eigenvalue weighted by Crippen LogP contribution is -2.36. The molecule has 6 nitrogen and oxygen atoms in total. The minimum atomic E-state index is -3.83. The summed E-state index contributed by atoms with van der Waals surface area (Å²) in [6, 6.07) is 8.91. The zero-order valence-corrected chi connectivity index (χ0v) is 14.4. The largest absolute Gasteiger partial charge is 0.392 e. The number of aromatic nitrogens is 2. The summed E-state index contributed by atoms with van der Waals surface area (Å²) >= 11 is 0. The zero-order valence-electron chi connectivity index (χ0n) is 13.6. The van der Waals surface area contributed by atoms with Gasteiger partial charge < -0.3 is 9.67 Å². The summed E-state index contributed by atoms with van der Waals surface area (Å²) in [5.74, 6) is 0. The van der Waals surface area contributed by atoms with Gasteiger partial charge in [0.2, 0.25) is 0 Å². The quantitative estimate of drug-likeness (QED) is 0.842. The number of nitrogens with zero attached hydrogens (tertiary/aromatic N) is 3. The highest BCUT2D eigenvalue weighted by atomic mass is 32.2. The second-order valence-electron chi connectivity index (χ2n) is 5.64. The lowest BCUT2D eigenvalue weighted by molar-refractivity contribution is 0.204. The average Bonchev–Trinajstić information content (AvgIpc) is 3.03. The molecule has 0 saturated carbocycles. The second kappa shape index (κ2) is 7.14. The van der Waals surface area contributed by atoms with Crippen molar-refractivity contribution in [1.29, 1.82) is 0 Å². The summed E-state index contributed by atoms with van der Waals surface area (Å²) in [5, 5.41) is 9.68. The number of hydrogen-bond donors (Lipinski definition) is 1. The van der Waals surface area contributed by atoms with Gasteiger partial charge in [-0.1, -0.05) is 25.1 Å². The highest BCUT2D eigenvalue weighted by Gasteiger charge is 2.28. The van der Waals surface area contributed by atoms with Crippen LogP contribution in [0.5, 0.6) is 0 Å². The van der Waals surface area contributed by atoms with Crippen LogP contribution in [0, 0.1) is 0 Å². The first-order valence-electron chi connectivity index (χ1n) is 7.65. The summed E-state index contributed by atoms with van der Waals surface area (Å²) < 4.78 is 28.8. The molecule has 1 heterocycles. The summed E-state index contributed by atoms with van der Waals surface area (Å²) in [7, 11) is -3.83. The molecule has 0 amide bonds. The number of aliphatic hydroxyl groups excluding tert-OH is 1. The lowest BCUT2D eigenvalue weighted by atomic mass is 10.3. The number of aliphatic hydroxyl groups is 1. The van der Waals surface area contributed by atoms with E-state index in [1.807, 2.05) is 19.9 Å². The standard InChI is InChI=1S/C16H23N3O3S/c1-4-13(2)18-11-16(17-12-18)23(21,22)19(10-14(3)20)15-8-6-5-7-9-15/h5-9,11-14,20H,4,10H2,1-3H3/t13-,14+/m0/s1. The first kappa shape index (κ1) is 17.5. The molecule has 2 aromatic rings. The monoisotopic (exact) mass is 337 g/mol. The van der Waals surface area contributed by atoms with E-state index in [-0.39, 0.29) is 17.6 Å². The molecule has 0 aliphatic rings. The molecule has 7 heteroatoms. The van der Waals surface area contributed by atoms with Gasteiger partial charge >= 0.3 is 0 Å². The Balaban J connectivity index is 2.42. The van der Waals surface area contributed by atoms with Crippen LogP contribution in [0.25, 0.3) is 0 Å². The van der Waals surface area contributed by atoms with Gasteiger partial charge in [-0.15, -0.1) is 0 Å². The van der Waals surface area contributed by atoms with Crippen LogP contribution in [0.3, 0.4) is 0 Å². The Labute approximate surface area is 137 Å². The van der Waals surface area contributed by atoms with Gasteiger partial charge in [0.15, 0.2) is 5.03 Å². The van der Waals surface area contributed by atoms with E-state index in [1.54, 1.807) is 42.0 Å². The smallest absolute Gasteiger partial charge is 0.283 e. The molecule has 2 rings (SSSR count). The number of sulfonamides is 1. The Bertz CT molecular complexity index is 726. The van der Waals surface area contributed by atoms with Crippen LogP contribution in [-0.4, -0.2) is 35.7 Å². The van der Waals surface area contributed by atoms with Crippen molar-refractivity contribution < 1.29 is 13.5 Å². The summed E-state index contributed by atoms with van der Waals surface area (Å²) in [6.07, 6.45) is 3.17. The molecule has 0 fully saturated rings. The van der Waals surface area contributed by atoms with Crippen LogP contribution in [-0.2, 0) is 10.0 Å². The molecule has 0 spiro atoms. The van der Waals surface area contributed by atoms with Gasteiger partial charge in [0.05, 0.1) is 24.7 Å². The van der Waals surface area contributed by atoms with Gasteiger partial charge in [-0.3, -0.25) is 4.31 Å². The predicted molar refractivity (Wildman–Crippen MR) is 89.9 cm³/mol. The second-order valence-corrected chi connectivity index (χ2v) is 7.45. The number of benzene rings is 1. The maximum absolute atomic E-state index is 12.9. The van der Waals surface area contributed by atoms with Crippen molar-refractivity contribution in [2.75, 3.05) is 10.8 Å². The number of para-hydroxylation sites is 1. The third kappa shape index (κ3) is 3.92. The predicted octanol–water partition coefficient (Wildman–Crippen LogP) is 2.43. The van der Waals surface area contributed by atoms with Crippen molar-refractivity contribution in [2.24, 2.45) is 0 Å². The molecule has 1 N–H and O–H groups in total. The number of imidazole rings is 1. The Hall–Kier alpha value is -1.86. The molecular weight excluding hydrogens is 314 g/mol. The van der Waals surface area contributed by atoms with Gasteiger partial charge in [0, 0.05) is 12.2 Å². The summed E-state index contributed by atoms with van der Waals surface area (Å²) in [6.45, 7) is 5.57. The maximum Gasteiger partial charge on any atom is 0.283 e. The average molecular weight is 337 g/mol. The lowest BCUT2D eigenvalue weighted by Gasteiger charge is -2.24. The van der Waals surface area contributed by atoms with E-state index in [9.17, 15) is 13.5 Å². The third-order valence-electron chi connectivity index (χ3n) is 3.71. The molecule has 0 saturated heterocycles. The molecule has 0 radical (unpaired) electrons. The summed E-state index contributed by atoms with van der Waals surface area (Å²) in [5.41, 5.74) is 0.506. The minimum absolute atomic E-state index is 0.0118. The van der Waals surface area contributed by atoms with E-state index in [2.05, 4.69) is 4.98 Å². The van der Waals surface area contributed by atoms with Crippen molar-refractivity contribution in [3.05, 3.63) is 42.9 Å². The Morgan fingerprint density at radius 1 is 1.26 bits per heavy atom. The molecule has 0 bridgehead atoms. The summed E-state index contributed by atoms with van der Waals surface area (Å²) in [4.78, 5) is 4.06. The van der Waals surface area contributed by atoms with Crippen LogP contribution in [0.1, 0.15) is 33.2 Å². The van der Waals surface area contributed by atoms with Gasteiger partial charge in [0.1, 0.15) is 0 Å². The first-order valence-corrected chi connectivity index (χ1v) is 9.09. The molecule has 0 aliphatic carbocycles. The van der Waals surface area contributed by atoms with Crippen LogP contribution >= 0.6 is 0 Å². The van der Waals surface area contributed by atoms with E-state index < -0.39 is 16.1 Å². The third-order valence-corrected chi connectivity index (χ3v) is 5.39. The number of anilines is 1. The van der Waals surface area contributed by atoms with E-state index >= 15 is 0 Å². The van der Waals surface area contributed by atoms with Crippen LogP contribution in [0.15, 0.2) is 47.9 Å². The number of hydrogen-bond acceptors (Lipinski definition) is 4. The molecular formula is C16H23N3O3S. The van der Waals surface area contributed by atoms with E-state index in [0.717, 1.165) is 6.42 Å². The van der Waals surface area contributed by atoms with Gasteiger partial charge in [-0.25, -0.2) is 4.98 Å². The molecule has 23 heavy (non-hydrogen) atoms. The fraction of sp³-hybridized carbons (Fsp3) is 0.438. The van der Waals surface area contributed by atoms with Crippen molar-refractivity contribution in [2.45, 2.75) is 44.4 Å². The van der Waals surface area contributed by atoms with Gasteiger partial charge in [-0.05, 0) is 32.4 Å². The van der Waals surface area contributed by atoms with Gasteiger partial charge in [0.25, 0.3) is 10.0 Å². The number of rotatable bonds is 7. The zero-order chi connectivity index (χ0) is 17.0. The van der Waals surface area contributed by atoms with Crippen LogP contribution in [0.4, 0.5) is 5.69 Å². The van der Waals surface area contributed by atoms with Crippen molar-refractivity contribution in [1.82, 2.24) is 9.55 Å². The first-order chi connectivity index (χ1) is 10.9. The van der Waals surface area contributed by atoms with Crippen LogP contribution in [0.2, 0.25) is 0 Å². The van der Waals surface area contributed by atoms with Gasteiger partial charge in [-0.2, -0.15) is 8.42 Å². The normalized spacial score (nSPS) is 14.4. The highest BCUT2D eigenvalue weighted by molar-refractivity contribution is 7.92. The Morgan fingerprint density at radius 2 is 1.91 bits per heavy atom. The minimum Gasteiger partial charge on any atom is -0.392 e. The molecule has 0 aliphatic heterocycles. The van der Waals surface area contributed by atoms with Crippen molar-refractivity contribution in [3.63, 3.8) is 0 Å². The fourth-order valence-electron chi connectivity index (χ4n) is 2.19. The van der Waals surface area contributed by atoms with E-state index in [0.29, 0.717) is 5.69 Å². The molecule has 0 unspecified atom stereocenters. The maximum atomic E-state index is 12.9. The van der Waals surface area contributed by atoms with Crippen molar-refractivity contribution in [3.8, 4) is 0 Å². The van der Waals surface area contributed by atoms with E-state index in [4.69, 9.17) is 0 Å². The van der Waals surface area contributed by atoms with E-state index in [1.165, 1.54) is 10.6 Å². The topological polar surface area (TPSA) is 75.4 Å². The molecule has 1 aromatic heterocycles. The molecule has 126 valence electrons.